The van der Waals surface area contributed by atoms with E-state index in [0.29, 0.717) is 25.2 Å². The predicted octanol–water partition coefficient (Wildman–Crippen LogP) is 5.15. The Morgan fingerprint density at radius 3 is 2.18 bits per heavy atom. The summed E-state index contributed by atoms with van der Waals surface area (Å²) < 4.78 is 0. The van der Waals surface area contributed by atoms with Gasteiger partial charge in [0.1, 0.15) is 0 Å². The van der Waals surface area contributed by atoms with Crippen molar-refractivity contribution in [2.24, 2.45) is 5.73 Å². The number of hydrogen-bond donors (Lipinski definition) is 1. The smallest absolute Gasteiger partial charge is 0.242 e. The fraction of sp³-hybridized carbons (Fsp3) is 0.379. The van der Waals surface area contributed by atoms with Gasteiger partial charge in [-0.25, -0.2) is 0 Å². The van der Waals surface area contributed by atoms with Crippen LogP contribution in [0.4, 0.5) is 5.69 Å². The molecule has 0 radical (unpaired) electrons. The van der Waals surface area contributed by atoms with Crippen molar-refractivity contribution in [3.63, 3.8) is 0 Å². The maximum atomic E-state index is 13.3. The molecule has 1 amide bonds. The minimum Gasteiger partial charge on any atom is -0.365 e. The van der Waals surface area contributed by atoms with Gasteiger partial charge in [-0.15, -0.1) is 0 Å². The molecule has 0 atom stereocenters. The monoisotopic (exact) mass is 459 g/mol. The molecule has 0 spiro atoms. The SMILES string of the molecule is CC(=O)c1ccc2cc(N(C)CC(=O)N(CCCN)Cc3ccc(C(C)(C)C)cc3)ccc2c1. The molecule has 0 saturated heterocycles. The van der Waals surface area contributed by atoms with Gasteiger partial charge in [0.2, 0.25) is 5.91 Å². The Morgan fingerprint density at radius 2 is 1.56 bits per heavy atom. The molecule has 0 saturated carbocycles. The van der Waals surface area contributed by atoms with Crippen LogP contribution in [0.3, 0.4) is 0 Å². The number of rotatable bonds is 9. The minimum absolute atomic E-state index is 0.0549. The molecule has 3 aromatic carbocycles. The molecule has 3 rings (SSSR count). The number of ketones is 1. The van der Waals surface area contributed by atoms with Gasteiger partial charge in [0.15, 0.2) is 5.78 Å². The first-order valence-electron chi connectivity index (χ1n) is 11.9. The van der Waals surface area contributed by atoms with Gasteiger partial charge < -0.3 is 15.5 Å². The Balaban J connectivity index is 1.72. The number of fused-ring (bicyclic) bond motifs is 1. The van der Waals surface area contributed by atoms with Crippen molar-refractivity contribution in [3.05, 3.63) is 77.4 Å². The number of Topliss-reactive ketones (excluding diaryl/α,β-unsaturated/α-hetero) is 1. The highest BCUT2D eigenvalue weighted by Crippen LogP contribution is 2.24. The van der Waals surface area contributed by atoms with Crippen molar-refractivity contribution >= 4 is 28.2 Å². The van der Waals surface area contributed by atoms with Crippen LogP contribution in [-0.4, -0.2) is 43.3 Å². The molecule has 0 aliphatic carbocycles. The third kappa shape index (κ3) is 6.45. The molecule has 180 valence electrons. The summed E-state index contributed by atoms with van der Waals surface area (Å²) in [5, 5.41) is 2.06. The molecule has 0 aliphatic heterocycles. The largest absolute Gasteiger partial charge is 0.365 e. The van der Waals surface area contributed by atoms with Gasteiger partial charge in [-0.3, -0.25) is 9.59 Å². The van der Waals surface area contributed by atoms with Gasteiger partial charge in [0.05, 0.1) is 6.54 Å². The van der Waals surface area contributed by atoms with Gasteiger partial charge in [0, 0.05) is 31.4 Å². The molecule has 34 heavy (non-hydrogen) atoms. The number of carbonyl (C=O) groups is 2. The second kappa shape index (κ2) is 10.8. The van der Waals surface area contributed by atoms with Crippen LogP contribution in [0, 0.1) is 0 Å². The number of hydrogen-bond acceptors (Lipinski definition) is 4. The lowest BCUT2D eigenvalue weighted by Crippen LogP contribution is -2.39. The van der Waals surface area contributed by atoms with E-state index in [4.69, 9.17) is 5.73 Å². The third-order valence-corrected chi connectivity index (χ3v) is 6.22. The van der Waals surface area contributed by atoms with Gasteiger partial charge in [-0.05, 0) is 65.4 Å². The molecule has 0 aliphatic rings. The van der Waals surface area contributed by atoms with E-state index in [1.807, 2.05) is 47.2 Å². The normalized spacial score (nSPS) is 11.5. The number of likely N-dealkylation sites (N-methyl/N-ethyl adjacent to an activating group) is 1. The maximum absolute atomic E-state index is 13.3. The van der Waals surface area contributed by atoms with Gasteiger partial charge in [-0.1, -0.05) is 63.2 Å². The van der Waals surface area contributed by atoms with Crippen molar-refractivity contribution in [2.45, 2.75) is 46.1 Å². The average molecular weight is 460 g/mol. The lowest BCUT2D eigenvalue weighted by atomic mass is 9.87. The molecule has 5 nitrogen and oxygen atoms in total. The molecular weight excluding hydrogens is 422 g/mol. The highest BCUT2D eigenvalue weighted by atomic mass is 16.2. The molecule has 2 N–H and O–H groups in total. The molecule has 0 bridgehead atoms. The molecule has 3 aromatic rings. The summed E-state index contributed by atoms with van der Waals surface area (Å²) in [5.74, 6) is 0.127. The van der Waals surface area contributed by atoms with Crippen LogP contribution in [0.25, 0.3) is 10.8 Å². The molecule has 0 aromatic heterocycles. The Bertz CT molecular complexity index is 1150. The van der Waals surface area contributed by atoms with Crippen LogP contribution in [0.1, 0.15) is 55.6 Å². The Kier molecular flexibility index (Phi) is 8.11. The van der Waals surface area contributed by atoms with Gasteiger partial charge in [0.25, 0.3) is 0 Å². The summed E-state index contributed by atoms with van der Waals surface area (Å²) in [7, 11) is 1.93. The zero-order valence-electron chi connectivity index (χ0n) is 21.1. The van der Waals surface area contributed by atoms with E-state index in [1.165, 1.54) is 5.56 Å². The second-order valence-corrected chi connectivity index (χ2v) is 10.1. The number of carbonyl (C=O) groups excluding carboxylic acids is 2. The number of nitrogens with zero attached hydrogens (tertiary/aromatic N) is 2. The van der Waals surface area contributed by atoms with Gasteiger partial charge >= 0.3 is 0 Å². The van der Waals surface area contributed by atoms with Gasteiger partial charge in [-0.2, -0.15) is 0 Å². The van der Waals surface area contributed by atoms with Crippen molar-refractivity contribution in [3.8, 4) is 0 Å². The molecular formula is C29H37N3O2. The standard InChI is InChI=1S/C29H37N3O2/c1-21(33)23-9-10-25-18-27(14-11-24(25)17-23)31(5)20-28(34)32(16-6-15-30)19-22-7-12-26(13-8-22)29(2,3)4/h7-14,17-18H,6,15-16,19-20,30H2,1-5H3. The van der Waals surface area contributed by atoms with Crippen LogP contribution >= 0.6 is 0 Å². The van der Waals surface area contributed by atoms with E-state index >= 15 is 0 Å². The first-order chi connectivity index (χ1) is 16.1. The fourth-order valence-electron chi connectivity index (χ4n) is 3.99. The van der Waals surface area contributed by atoms with Crippen molar-refractivity contribution in [2.75, 3.05) is 31.6 Å². The number of nitrogens with two attached hydrogens (primary N) is 1. The fourth-order valence-corrected chi connectivity index (χ4v) is 3.99. The third-order valence-electron chi connectivity index (χ3n) is 6.22. The first-order valence-corrected chi connectivity index (χ1v) is 11.9. The summed E-state index contributed by atoms with van der Waals surface area (Å²) in [6.07, 6.45) is 0.768. The highest BCUT2D eigenvalue weighted by Gasteiger charge is 2.18. The van der Waals surface area contributed by atoms with Crippen LogP contribution in [-0.2, 0) is 16.8 Å². The predicted molar refractivity (Wildman–Crippen MR) is 141 cm³/mol. The Morgan fingerprint density at radius 1 is 0.912 bits per heavy atom. The molecule has 0 heterocycles. The zero-order chi connectivity index (χ0) is 24.9. The number of benzene rings is 3. The van der Waals surface area contributed by atoms with E-state index in [1.54, 1.807) is 6.92 Å². The lowest BCUT2D eigenvalue weighted by Gasteiger charge is -2.27. The first kappa shape index (κ1) is 25.4. The average Bonchev–Trinajstić information content (AvgIpc) is 2.80. The van der Waals surface area contributed by atoms with E-state index in [2.05, 4.69) is 51.1 Å². The number of anilines is 1. The highest BCUT2D eigenvalue weighted by molar-refractivity contribution is 5.99. The summed E-state index contributed by atoms with van der Waals surface area (Å²) in [6.45, 7) is 10.2. The summed E-state index contributed by atoms with van der Waals surface area (Å²) in [5.41, 5.74) is 9.91. The van der Waals surface area contributed by atoms with Crippen LogP contribution < -0.4 is 10.6 Å². The second-order valence-electron chi connectivity index (χ2n) is 10.1. The lowest BCUT2D eigenvalue weighted by molar-refractivity contribution is -0.130. The molecule has 5 heteroatoms. The van der Waals surface area contributed by atoms with Crippen LogP contribution in [0.15, 0.2) is 60.7 Å². The van der Waals surface area contributed by atoms with E-state index in [0.717, 1.165) is 28.4 Å². The van der Waals surface area contributed by atoms with E-state index in [-0.39, 0.29) is 23.7 Å². The summed E-state index contributed by atoms with van der Waals surface area (Å²) in [6, 6.07) is 20.3. The summed E-state index contributed by atoms with van der Waals surface area (Å²) in [4.78, 5) is 28.8. The number of amides is 1. The van der Waals surface area contributed by atoms with E-state index in [9.17, 15) is 9.59 Å². The van der Waals surface area contributed by atoms with E-state index < -0.39 is 0 Å². The maximum Gasteiger partial charge on any atom is 0.242 e. The Labute approximate surface area is 203 Å². The Hall–Kier alpha value is -3.18. The van der Waals surface area contributed by atoms with Crippen molar-refractivity contribution in [1.29, 1.82) is 0 Å². The van der Waals surface area contributed by atoms with Crippen LogP contribution in [0.5, 0.6) is 0 Å². The summed E-state index contributed by atoms with van der Waals surface area (Å²) >= 11 is 0. The minimum atomic E-state index is 0.0549. The zero-order valence-corrected chi connectivity index (χ0v) is 21.1. The van der Waals surface area contributed by atoms with Crippen molar-refractivity contribution < 1.29 is 9.59 Å². The topological polar surface area (TPSA) is 66.6 Å². The molecule has 0 fully saturated rings. The van der Waals surface area contributed by atoms with Crippen molar-refractivity contribution in [1.82, 2.24) is 4.90 Å². The van der Waals surface area contributed by atoms with Crippen LogP contribution in [0.2, 0.25) is 0 Å². The quantitative estimate of drug-likeness (QED) is 0.449. The molecule has 0 unspecified atom stereocenters.